The summed E-state index contributed by atoms with van der Waals surface area (Å²) in [7, 11) is -3.60. The maximum absolute atomic E-state index is 13.7. The maximum atomic E-state index is 13.7. The Bertz CT molecular complexity index is 1040. The van der Waals surface area contributed by atoms with Crippen molar-refractivity contribution in [1.29, 1.82) is 0 Å². The molecule has 7 nitrogen and oxygen atoms in total. The fourth-order valence-corrected chi connectivity index (χ4v) is 4.68. The monoisotopic (exact) mass is 454 g/mol. The number of esters is 1. The highest BCUT2D eigenvalue weighted by atomic mass is 35.5. The number of benzene rings is 2. The standard InChI is InChI=1S/C20H20ClFN2O5S/c21-15-6-9-18(17(22)12-15)23-19(25)13-29-20(26)14-4-7-16(8-5-14)30(27,28)24-10-2-1-3-11-24/h4-9,12H,1-3,10-11,13H2,(H,23,25). The van der Waals surface area contributed by atoms with Gasteiger partial charge >= 0.3 is 5.97 Å². The predicted octanol–water partition coefficient (Wildman–Crippen LogP) is 3.45. The van der Waals surface area contributed by atoms with Gasteiger partial charge in [-0.2, -0.15) is 4.31 Å². The van der Waals surface area contributed by atoms with E-state index in [1.54, 1.807) is 0 Å². The van der Waals surface area contributed by atoms with Crippen molar-refractivity contribution < 1.29 is 27.1 Å². The summed E-state index contributed by atoms with van der Waals surface area (Å²) in [5.41, 5.74) is 0.00536. The molecular formula is C20H20ClFN2O5S. The van der Waals surface area contributed by atoms with Crippen molar-refractivity contribution in [2.24, 2.45) is 0 Å². The van der Waals surface area contributed by atoms with Crippen LogP contribution in [0, 0.1) is 5.82 Å². The molecule has 0 aliphatic carbocycles. The topological polar surface area (TPSA) is 92.8 Å². The van der Waals surface area contributed by atoms with Crippen LogP contribution in [0.3, 0.4) is 0 Å². The molecule has 1 N–H and O–H groups in total. The number of carbonyl (C=O) groups excluding carboxylic acids is 2. The zero-order chi connectivity index (χ0) is 21.7. The van der Waals surface area contributed by atoms with Crippen LogP contribution in [0.1, 0.15) is 29.6 Å². The number of hydrogen-bond donors (Lipinski definition) is 1. The number of anilines is 1. The summed E-state index contributed by atoms with van der Waals surface area (Å²) in [6, 6.07) is 9.08. The van der Waals surface area contributed by atoms with Gasteiger partial charge in [0.15, 0.2) is 6.61 Å². The summed E-state index contributed by atoms with van der Waals surface area (Å²) in [5.74, 6) is -2.25. The third-order valence-corrected chi connectivity index (χ3v) is 6.73. The first-order valence-electron chi connectivity index (χ1n) is 9.29. The lowest BCUT2D eigenvalue weighted by atomic mass is 10.2. The van der Waals surface area contributed by atoms with E-state index < -0.39 is 34.3 Å². The van der Waals surface area contributed by atoms with E-state index in [0.717, 1.165) is 25.3 Å². The van der Waals surface area contributed by atoms with Crippen LogP contribution in [0.4, 0.5) is 10.1 Å². The number of piperidine rings is 1. The Balaban J connectivity index is 1.57. The average Bonchev–Trinajstić information content (AvgIpc) is 2.75. The van der Waals surface area contributed by atoms with Gasteiger partial charge in [-0.15, -0.1) is 0 Å². The molecule has 0 aromatic heterocycles. The van der Waals surface area contributed by atoms with E-state index in [4.69, 9.17) is 16.3 Å². The number of halogens is 2. The van der Waals surface area contributed by atoms with Crippen LogP contribution >= 0.6 is 11.6 Å². The SMILES string of the molecule is O=C(COC(=O)c1ccc(S(=O)(=O)N2CCCCC2)cc1)Nc1ccc(Cl)cc1F. The quantitative estimate of drug-likeness (QED) is 0.675. The summed E-state index contributed by atoms with van der Waals surface area (Å²) >= 11 is 5.64. The third kappa shape index (κ3) is 5.35. The highest BCUT2D eigenvalue weighted by molar-refractivity contribution is 7.89. The maximum Gasteiger partial charge on any atom is 0.338 e. The average molecular weight is 455 g/mol. The number of ether oxygens (including phenoxy) is 1. The second-order valence-corrected chi connectivity index (χ2v) is 9.11. The lowest BCUT2D eigenvalue weighted by Gasteiger charge is -2.25. The molecule has 3 rings (SSSR count). The molecule has 0 saturated carbocycles. The van der Waals surface area contributed by atoms with E-state index in [9.17, 15) is 22.4 Å². The highest BCUT2D eigenvalue weighted by Gasteiger charge is 2.26. The van der Waals surface area contributed by atoms with Gasteiger partial charge in [0.1, 0.15) is 5.82 Å². The second-order valence-electron chi connectivity index (χ2n) is 6.74. The fourth-order valence-electron chi connectivity index (χ4n) is 3.01. The molecule has 1 heterocycles. The van der Waals surface area contributed by atoms with Crippen molar-refractivity contribution in [2.45, 2.75) is 24.2 Å². The van der Waals surface area contributed by atoms with E-state index >= 15 is 0 Å². The third-order valence-electron chi connectivity index (χ3n) is 4.58. The van der Waals surface area contributed by atoms with Crippen molar-refractivity contribution in [3.8, 4) is 0 Å². The second kappa shape index (κ2) is 9.55. The molecule has 160 valence electrons. The number of sulfonamides is 1. The summed E-state index contributed by atoms with van der Waals surface area (Å²) < 4.78 is 45.3. The van der Waals surface area contributed by atoms with Crippen LogP contribution in [0.25, 0.3) is 0 Å². The van der Waals surface area contributed by atoms with Crippen LogP contribution in [0.15, 0.2) is 47.4 Å². The summed E-state index contributed by atoms with van der Waals surface area (Å²) in [6.07, 6.45) is 2.66. The Hall–Kier alpha value is -2.49. The first-order valence-corrected chi connectivity index (χ1v) is 11.1. The number of amides is 1. The van der Waals surface area contributed by atoms with Crippen LogP contribution in [-0.4, -0.2) is 44.3 Å². The molecule has 0 radical (unpaired) electrons. The van der Waals surface area contributed by atoms with Gasteiger partial charge < -0.3 is 10.1 Å². The molecule has 1 aliphatic heterocycles. The van der Waals surface area contributed by atoms with Gasteiger partial charge in [-0.05, 0) is 55.3 Å². The molecule has 0 atom stereocenters. The zero-order valence-corrected chi connectivity index (χ0v) is 17.5. The number of carbonyl (C=O) groups is 2. The molecule has 30 heavy (non-hydrogen) atoms. The Kier molecular flexibility index (Phi) is 7.06. The van der Waals surface area contributed by atoms with Crippen LogP contribution in [-0.2, 0) is 19.6 Å². The van der Waals surface area contributed by atoms with Gasteiger partial charge in [0.2, 0.25) is 10.0 Å². The van der Waals surface area contributed by atoms with Crippen molar-refractivity contribution in [2.75, 3.05) is 25.0 Å². The van der Waals surface area contributed by atoms with E-state index in [0.29, 0.717) is 13.1 Å². The van der Waals surface area contributed by atoms with E-state index in [1.807, 2.05) is 0 Å². The molecule has 0 spiro atoms. The minimum atomic E-state index is -3.60. The number of nitrogens with zero attached hydrogens (tertiary/aromatic N) is 1. The van der Waals surface area contributed by atoms with Crippen LogP contribution < -0.4 is 5.32 Å². The van der Waals surface area contributed by atoms with Crippen molar-refractivity contribution in [3.05, 3.63) is 58.9 Å². The van der Waals surface area contributed by atoms with Crippen LogP contribution in [0.5, 0.6) is 0 Å². The number of hydrogen-bond acceptors (Lipinski definition) is 5. The molecule has 2 aromatic rings. The molecule has 10 heteroatoms. The lowest BCUT2D eigenvalue weighted by molar-refractivity contribution is -0.119. The minimum Gasteiger partial charge on any atom is -0.452 e. The predicted molar refractivity (Wildman–Crippen MR) is 109 cm³/mol. The Morgan fingerprint density at radius 1 is 1.07 bits per heavy atom. The van der Waals surface area contributed by atoms with Crippen molar-refractivity contribution in [1.82, 2.24) is 4.31 Å². The molecule has 0 unspecified atom stereocenters. The van der Waals surface area contributed by atoms with Crippen LogP contribution in [0.2, 0.25) is 5.02 Å². The summed E-state index contributed by atoms with van der Waals surface area (Å²) in [5, 5.41) is 2.46. The van der Waals surface area contributed by atoms with Crippen molar-refractivity contribution in [3.63, 3.8) is 0 Å². The first-order chi connectivity index (χ1) is 14.3. The smallest absolute Gasteiger partial charge is 0.338 e. The molecule has 1 amide bonds. The Morgan fingerprint density at radius 3 is 2.37 bits per heavy atom. The van der Waals surface area contributed by atoms with Gasteiger partial charge in [0.05, 0.1) is 16.1 Å². The van der Waals surface area contributed by atoms with E-state index in [2.05, 4.69) is 5.32 Å². The van der Waals surface area contributed by atoms with E-state index in [-0.39, 0.29) is 21.2 Å². The van der Waals surface area contributed by atoms with Crippen molar-refractivity contribution >= 4 is 39.2 Å². The fraction of sp³-hybridized carbons (Fsp3) is 0.300. The Morgan fingerprint density at radius 2 is 1.73 bits per heavy atom. The molecule has 0 bridgehead atoms. The summed E-state index contributed by atoms with van der Waals surface area (Å²) in [4.78, 5) is 24.1. The number of rotatable bonds is 6. The molecular weight excluding hydrogens is 435 g/mol. The van der Waals surface area contributed by atoms with Gasteiger partial charge in [-0.25, -0.2) is 17.6 Å². The highest BCUT2D eigenvalue weighted by Crippen LogP contribution is 2.21. The molecule has 1 saturated heterocycles. The normalized spacial score (nSPS) is 14.9. The Labute approximate surface area is 178 Å². The summed E-state index contributed by atoms with van der Waals surface area (Å²) in [6.45, 7) is 0.333. The zero-order valence-electron chi connectivity index (χ0n) is 15.9. The molecule has 1 aliphatic rings. The first kappa shape index (κ1) is 22.2. The number of nitrogens with one attached hydrogen (secondary N) is 1. The van der Waals surface area contributed by atoms with Gasteiger partial charge in [0.25, 0.3) is 5.91 Å². The van der Waals surface area contributed by atoms with Gasteiger partial charge in [-0.1, -0.05) is 18.0 Å². The van der Waals surface area contributed by atoms with Gasteiger partial charge in [0, 0.05) is 18.1 Å². The minimum absolute atomic E-state index is 0.0901. The lowest BCUT2D eigenvalue weighted by Crippen LogP contribution is -2.35. The molecule has 1 fully saturated rings. The molecule has 2 aromatic carbocycles. The van der Waals surface area contributed by atoms with Gasteiger partial charge in [-0.3, -0.25) is 4.79 Å². The van der Waals surface area contributed by atoms with E-state index in [1.165, 1.54) is 40.7 Å². The largest absolute Gasteiger partial charge is 0.452 e.